The lowest BCUT2D eigenvalue weighted by molar-refractivity contribution is 0.102. The van der Waals surface area contributed by atoms with Crippen molar-refractivity contribution in [3.05, 3.63) is 77.0 Å². The van der Waals surface area contributed by atoms with Gasteiger partial charge >= 0.3 is 0 Å². The maximum Gasteiger partial charge on any atom is 0.272 e. The molecule has 0 aliphatic carbocycles. The van der Waals surface area contributed by atoms with Crippen LogP contribution < -0.4 is 5.32 Å². The Morgan fingerprint density at radius 2 is 2.04 bits per heavy atom. The second kappa shape index (κ2) is 6.07. The van der Waals surface area contributed by atoms with Crippen molar-refractivity contribution in [2.24, 2.45) is 0 Å². The zero-order chi connectivity index (χ0) is 17.4. The highest BCUT2D eigenvalue weighted by atomic mass is 32.1. The molecule has 0 unspecified atom stereocenters. The minimum Gasteiger partial charge on any atom is -0.351 e. The van der Waals surface area contributed by atoms with Gasteiger partial charge in [0.2, 0.25) is 0 Å². The van der Waals surface area contributed by atoms with Gasteiger partial charge in [0.05, 0.1) is 0 Å². The molecule has 0 atom stereocenters. The molecule has 0 aliphatic rings. The molecule has 3 N–H and O–H groups in total. The number of benzene rings is 2. The van der Waals surface area contributed by atoms with Crippen molar-refractivity contribution in [3.8, 4) is 5.69 Å². The summed E-state index contributed by atoms with van der Waals surface area (Å²) in [5.74, 6) is -0.177. The topological polar surface area (TPSA) is 65.6 Å². The van der Waals surface area contributed by atoms with Crippen LogP contribution in [0.1, 0.15) is 16.1 Å². The summed E-state index contributed by atoms with van der Waals surface area (Å²) in [5.41, 5.74) is 4.23. The standard InChI is InChI=1S/C19H16N4OS/c1-12-5-6-16-13(9-12)10-17(22-16)18(24)21-14-3-2-4-15(11-14)23-8-7-20-19(23)25/h2-11,22H,1H3,(H,20,25)(H,21,24). The summed E-state index contributed by atoms with van der Waals surface area (Å²) in [6, 6.07) is 15.5. The maximum absolute atomic E-state index is 12.6. The number of aromatic nitrogens is 3. The van der Waals surface area contributed by atoms with E-state index in [2.05, 4.69) is 21.4 Å². The number of nitrogens with one attached hydrogen (secondary N) is 3. The second-order valence-corrected chi connectivity index (χ2v) is 6.30. The van der Waals surface area contributed by atoms with E-state index in [4.69, 9.17) is 12.2 Å². The van der Waals surface area contributed by atoms with Crippen LogP contribution in [-0.2, 0) is 0 Å². The Morgan fingerprint density at radius 1 is 1.16 bits per heavy atom. The van der Waals surface area contributed by atoms with E-state index in [1.807, 2.05) is 60.2 Å². The van der Waals surface area contributed by atoms with E-state index in [0.717, 1.165) is 22.2 Å². The lowest BCUT2D eigenvalue weighted by atomic mass is 10.2. The summed E-state index contributed by atoms with van der Waals surface area (Å²) in [7, 11) is 0. The van der Waals surface area contributed by atoms with Crippen LogP contribution in [0.5, 0.6) is 0 Å². The number of amides is 1. The summed E-state index contributed by atoms with van der Waals surface area (Å²) in [6.45, 7) is 2.03. The molecule has 0 fully saturated rings. The molecule has 1 amide bonds. The van der Waals surface area contributed by atoms with Gasteiger partial charge in [-0.1, -0.05) is 17.7 Å². The molecule has 4 aromatic rings. The number of rotatable bonds is 3. The zero-order valence-corrected chi connectivity index (χ0v) is 14.4. The highest BCUT2D eigenvalue weighted by Crippen LogP contribution is 2.19. The van der Waals surface area contributed by atoms with Crippen LogP contribution in [0.25, 0.3) is 16.6 Å². The van der Waals surface area contributed by atoms with E-state index >= 15 is 0 Å². The van der Waals surface area contributed by atoms with Crippen LogP contribution in [0.15, 0.2) is 60.9 Å². The molecule has 124 valence electrons. The second-order valence-electron chi connectivity index (χ2n) is 5.91. The number of fused-ring (bicyclic) bond motifs is 1. The minimum atomic E-state index is -0.177. The average molecular weight is 348 g/mol. The molecule has 2 heterocycles. The first kappa shape index (κ1) is 15.4. The van der Waals surface area contributed by atoms with E-state index in [9.17, 15) is 4.79 Å². The number of hydrogen-bond donors (Lipinski definition) is 3. The van der Waals surface area contributed by atoms with Crippen LogP contribution in [0.4, 0.5) is 5.69 Å². The molecule has 0 aliphatic heterocycles. The van der Waals surface area contributed by atoms with Gasteiger partial charge in [0.1, 0.15) is 5.69 Å². The van der Waals surface area contributed by atoms with Crippen molar-refractivity contribution in [1.29, 1.82) is 0 Å². The molecular formula is C19H16N4OS. The predicted molar refractivity (Wildman–Crippen MR) is 102 cm³/mol. The number of hydrogen-bond acceptors (Lipinski definition) is 2. The monoisotopic (exact) mass is 348 g/mol. The minimum absolute atomic E-state index is 0.177. The van der Waals surface area contributed by atoms with E-state index < -0.39 is 0 Å². The lowest BCUT2D eigenvalue weighted by Crippen LogP contribution is -2.12. The summed E-state index contributed by atoms with van der Waals surface area (Å²) in [6.07, 6.45) is 3.63. The van der Waals surface area contributed by atoms with Crippen LogP contribution in [0.3, 0.4) is 0 Å². The van der Waals surface area contributed by atoms with Gasteiger partial charge in [-0.25, -0.2) is 0 Å². The largest absolute Gasteiger partial charge is 0.351 e. The summed E-state index contributed by atoms with van der Waals surface area (Å²) >= 11 is 5.24. The SMILES string of the molecule is Cc1ccc2[nH]c(C(=O)Nc3cccc(-n4cc[nH]c4=S)c3)cc2c1. The molecule has 0 spiro atoms. The number of nitrogens with zero attached hydrogens (tertiary/aromatic N) is 1. The molecule has 6 heteroatoms. The molecule has 0 radical (unpaired) electrons. The number of carbonyl (C=O) groups is 1. The van der Waals surface area contributed by atoms with Crippen molar-refractivity contribution in [1.82, 2.24) is 14.5 Å². The van der Waals surface area contributed by atoms with Gasteiger partial charge in [-0.05, 0) is 55.5 Å². The first-order chi connectivity index (χ1) is 12.1. The molecule has 4 rings (SSSR count). The van der Waals surface area contributed by atoms with Crippen LogP contribution in [-0.4, -0.2) is 20.4 Å². The Bertz CT molecular complexity index is 1140. The van der Waals surface area contributed by atoms with Crippen molar-refractivity contribution >= 4 is 34.7 Å². The zero-order valence-electron chi connectivity index (χ0n) is 13.5. The third-order valence-electron chi connectivity index (χ3n) is 4.05. The van der Waals surface area contributed by atoms with Crippen LogP contribution in [0.2, 0.25) is 0 Å². The Labute approximate surface area is 149 Å². The first-order valence-electron chi connectivity index (χ1n) is 7.87. The quantitative estimate of drug-likeness (QED) is 0.475. The summed E-state index contributed by atoms with van der Waals surface area (Å²) in [4.78, 5) is 18.7. The highest BCUT2D eigenvalue weighted by molar-refractivity contribution is 7.71. The first-order valence-corrected chi connectivity index (χ1v) is 8.28. The van der Waals surface area contributed by atoms with Gasteiger partial charge < -0.3 is 15.3 Å². The number of imidazole rings is 1. The van der Waals surface area contributed by atoms with Crippen molar-refractivity contribution in [3.63, 3.8) is 0 Å². The Hall–Kier alpha value is -3.12. The van der Waals surface area contributed by atoms with Gasteiger partial charge in [-0.15, -0.1) is 0 Å². The van der Waals surface area contributed by atoms with Gasteiger partial charge in [0, 0.05) is 34.7 Å². The molecule has 0 saturated carbocycles. The van der Waals surface area contributed by atoms with Crippen LogP contribution in [0, 0.1) is 11.7 Å². The smallest absolute Gasteiger partial charge is 0.272 e. The molecule has 0 bridgehead atoms. The number of H-pyrrole nitrogens is 2. The average Bonchev–Trinajstić information content (AvgIpc) is 3.20. The lowest BCUT2D eigenvalue weighted by Gasteiger charge is -2.07. The van der Waals surface area contributed by atoms with Gasteiger partial charge in [0.25, 0.3) is 5.91 Å². The molecule has 0 saturated heterocycles. The number of aromatic amines is 2. The fourth-order valence-electron chi connectivity index (χ4n) is 2.83. The Morgan fingerprint density at radius 3 is 2.84 bits per heavy atom. The van der Waals surface area contributed by atoms with Gasteiger partial charge in [0.15, 0.2) is 4.77 Å². The molecule has 2 aromatic carbocycles. The third-order valence-corrected chi connectivity index (χ3v) is 4.37. The highest BCUT2D eigenvalue weighted by Gasteiger charge is 2.10. The number of carbonyl (C=O) groups excluding carboxylic acids is 1. The number of anilines is 1. The Kier molecular flexibility index (Phi) is 3.74. The van der Waals surface area contributed by atoms with Crippen molar-refractivity contribution < 1.29 is 4.79 Å². The van der Waals surface area contributed by atoms with E-state index in [1.54, 1.807) is 6.20 Å². The van der Waals surface area contributed by atoms with Gasteiger partial charge in [-0.3, -0.25) is 9.36 Å². The predicted octanol–water partition coefficient (Wildman–Crippen LogP) is 4.58. The van der Waals surface area contributed by atoms with Crippen molar-refractivity contribution in [2.75, 3.05) is 5.32 Å². The molecular weight excluding hydrogens is 332 g/mol. The molecule has 2 aromatic heterocycles. The summed E-state index contributed by atoms with van der Waals surface area (Å²) in [5, 5.41) is 3.95. The van der Waals surface area contributed by atoms with Crippen molar-refractivity contribution in [2.45, 2.75) is 6.92 Å². The normalized spacial score (nSPS) is 10.9. The van der Waals surface area contributed by atoms with E-state index in [-0.39, 0.29) is 5.91 Å². The van der Waals surface area contributed by atoms with Gasteiger partial charge in [-0.2, -0.15) is 0 Å². The maximum atomic E-state index is 12.6. The molecule has 25 heavy (non-hydrogen) atoms. The molecule has 5 nitrogen and oxygen atoms in total. The van der Waals surface area contributed by atoms with Crippen LogP contribution >= 0.6 is 12.2 Å². The fraction of sp³-hybridized carbons (Fsp3) is 0.0526. The number of aryl methyl sites for hydroxylation is 1. The van der Waals surface area contributed by atoms with E-state index in [0.29, 0.717) is 16.2 Å². The van der Waals surface area contributed by atoms with E-state index in [1.165, 1.54) is 0 Å². The third kappa shape index (κ3) is 2.99. The summed E-state index contributed by atoms with van der Waals surface area (Å²) < 4.78 is 2.45. The fourth-order valence-corrected chi connectivity index (χ4v) is 3.06. The Balaban J connectivity index is 1.62.